The van der Waals surface area contributed by atoms with Crippen LogP contribution < -0.4 is 15.4 Å². The molecule has 0 saturated carbocycles. The lowest BCUT2D eigenvalue weighted by molar-refractivity contribution is -0.138. The molecule has 0 spiro atoms. The molecule has 2 amide bonds. The molecule has 2 rings (SSSR count). The first-order chi connectivity index (χ1) is 12.3. The maximum atomic E-state index is 12.6. The normalized spacial score (nSPS) is 11.0. The van der Waals surface area contributed by atoms with Crippen molar-refractivity contribution in [3.05, 3.63) is 58.1 Å². The van der Waals surface area contributed by atoms with Gasteiger partial charge in [-0.2, -0.15) is 0 Å². The number of halogens is 2. The van der Waals surface area contributed by atoms with E-state index in [1.54, 1.807) is 45.2 Å². The summed E-state index contributed by atoms with van der Waals surface area (Å²) in [6, 6.07) is 12.2. The van der Waals surface area contributed by atoms with Gasteiger partial charge in [-0.1, -0.05) is 47.5 Å². The fourth-order valence-corrected chi connectivity index (χ4v) is 2.58. The Labute approximate surface area is 162 Å². The molecule has 0 saturated heterocycles. The van der Waals surface area contributed by atoms with Crippen molar-refractivity contribution in [2.45, 2.75) is 20.4 Å². The minimum atomic E-state index is -1.31. The Bertz CT molecular complexity index is 822. The highest BCUT2D eigenvalue weighted by Crippen LogP contribution is 2.31. The highest BCUT2D eigenvalue weighted by Gasteiger charge is 2.36. The first kappa shape index (κ1) is 20.1. The number of para-hydroxylation sites is 1. The number of hydrogen-bond acceptors (Lipinski definition) is 3. The molecular formula is C19H20Cl2N2O3. The van der Waals surface area contributed by atoms with Crippen LogP contribution in [0.1, 0.15) is 19.4 Å². The van der Waals surface area contributed by atoms with E-state index < -0.39 is 17.2 Å². The number of methoxy groups -OCH3 is 1. The van der Waals surface area contributed by atoms with Crippen molar-refractivity contribution in [1.82, 2.24) is 5.32 Å². The van der Waals surface area contributed by atoms with Gasteiger partial charge in [-0.15, -0.1) is 0 Å². The smallest absolute Gasteiger partial charge is 0.239 e. The van der Waals surface area contributed by atoms with Crippen LogP contribution in [0.15, 0.2) is 42.5 Å². The number of carbonyl (C=O) groups excluding carboxylic acids is 2. The van der Waals surface area contributed by atoms with Gasteiger partial charge in [-0.05, 0) is 32.0 Å². The SMILES string of the molecule is COc1ccccc1CNC(=O)C(C)(C)C(=O)Nc1cccc(Cl)c1Cl. The molecule has 0 aliphatic heterocycles. The van der Waals surface area contributed by atoms with Crippen molar-refractivity contribution in [3.63, 3.8) is 0 Å². The second-order valence-electron chi connectivity index (χ2n) is 6.18. The molecular weight excluding hydrogens is 375 g/mol. The molecule has 0 atom stereocenters. The molecule has 138 valence electrons. The molecule has 2 aromatic rings. The van der Waals surface area contributed by atoms with Crippen molar-refractivity contribution < 1.29 is 14.3 Å². The largest absolute Gasteiger partial charge is 0.496 e. The number of hydrogen-bond donors (Lipinski definition) is 2. The second kappa shape index (κ2) is 8.43. The number of rotatable bonds is 6. The van der Waals surface area contributed by atoms with Crippen molar-refractivity contribution >= 4 is 40.7 Å². The Morgan fingerprint density at radius 2 is 1.73 bits per heavy atom. The summed E-state index contributed by atoms with van der Waals surface area (Å²) in [5.74, 6) is -0.237. The summed E-state index contributed by atoms with van der Waals surface area (Å²) in [6.45, 7) is 3.33. The van der Waals surface area contributed by atoms with Crippen LogP contribution in [0.25, 0.3) is 0 Å². The van der Waals surface area contributed by atoms with E-state index in [0.717, 1.165) is 5.56 Å². The zero-order valence-corrected chi connectivity index (χ0v) is 16.2. The molecule has 7 heteroatoms. The summed E-state index contributed by atoms with van der Waals surface area (Å²) in [5.41, 5.74) is -0.138. The number of amides is 2. The maximum absolute atomic E-state index is 12.6. The van der Waals surface area contributed by atoms with Gasteiger partial charge in [-0.25, -0.2) is 0 Å². The minimum Gasteiger partial charge on any atom is -0.496 e. The van der Waals surface area contributed by atoms with Gasteiger partial charge in [0.1, 0.15) is 11.2 Å². The number of nitrogens with one attached hydrogen (secondary N) is 2. The number of anilines is 1. The van der Waals surface area contributed by atoms with E-state index in [-0.39, 0.29) is 11.6 Å². The van der Waals surface area contributed by atoms with E-state index in [4.69, 9.17) is 27.9 Å². The van der Waals surface area contributed by atoms with Crippen LogP contribution in [0.3, 0.4) is 0 Å². The van der Waals surface area contributed by atoms with Crippen LogP contribution in [-0.2, 0) is 16.1 Å². The van der Waals surface area contributed by atoms with Gasteiger partial charge in [-0.3, -0.25) is 9.59 Å². The third-order valence-electron chi connectivity index (χ3n) is 3.97. The summed E-state index contributed by atoms with van der Waals surface area (Å²) >= 11 is 12.0. The first-order valence-corrected chi connectivity index (χ1v) is 8.68. The minimum absolute atomic E-state index is 0.229. The van der Waals surface area contributed by atoms with Gasteiger partial charge in [0.15, 0.2) is 0 Å². The van der Waals surface area contributed by atoms with Crippen molar-refractivity contribution in [3.8, 4) is 5.75 Å². The van der Waals surface area contributed by atoms with Gasteiger partial charge in [0.2, 0.25) is 11.8 Å². The predicted octanol–water partition coefficient (Wildman–Crippen LogP) is 4.28. The van der Waals surface area contributed by atoms with Crippen LogP contribution in [-0.4, -0.2) is 18.9 Å². The third-order valence-corrected chi connectivity index (χ3v) is 4.79. The average molecular weight is 395 g/mol. The number of ether oxygens (including phenoxy) is 1. The number of carbonyl (C=O) groups is 2. The molecule has 0 aromatic heterocycles. The Balaban J connectivity index is 2.06. The Morgan fingerprint density at radius 1 is 1.04 bits per heavy atom. The highest BCUT2D eigenvalue weighted by molar-refractivity contribution is 6.44. The molecule has 0 bridgehead atoms. The summed E-state index contributed by atoms with van der Waals surface area (Å²) < 4.78 is 5.26. The summed E-state index contributed by atoms with van der Waals surface area (Å²) in [4.78, 5) is 25.1. The Morgan fingerprint density at radius 3 is 2.42 bits per heavy atom. The van der Waals surface area contributed by atoms with Gasteiger partial charge < -0.3 is 15.4 Å². The van der Waals surface area contributed by atoms with E-state index in [1.807, 2.05) is 18.2 Å². The molecule has 5 nitrogen and oxygen atoms in total. The third kappa shape index (κ3) is 4.48. The number of benzene rings is 2. The molecule has 26 heavy (non-hydrogen) atoms. The first-order valence-electron chi connectivity index (χ1n) is 7.93. The van der Waals surface area contributed by atoms with Crippen LogP contribution in [0, 0.1) is 5.41 Å². The molecule has 0 radical (unpaired) electrons. The second-order valence-corrected chi connectivity index (χ2v) is 6.96. The van der Waals surface area contributed by atoms with Crippen LogP contribution >= 0.6 is 23.2 Å². The van der Waals surface area contributed by atoms with E-state index in [9.17, 15) is 9.59 Å². The Kier molecular flexibility index (Phi) is 6.51. The summed E-state index contributed by atoms with van der Waals surface area (Å²) in [5, 5.41) is 5.97. The molecule has 0 heterocycles. The summed E-state index contributed by atoms with van der Waals surface area (Å²) in [7, 11) is 1.56. The molecule has 0 aliphatic rings. The zero-order chi connectivity index (χ0) is 19.3. The van der Waals surface area contributed by atoms with E-state index >= 15 is 0 Å². The average Bonchev–Trinajstić information content (AvgIpc) is 2.63. The quantitative estimate of drug-likeness (QED) is 0.718. The maximum Gasteiger partial charge on any atom is 0.239 e. The van der Waals surface area contributed by atoms with Crippen molar-refractivity contribution in [1.29, 1.82) is 0 Å². The van der Waals surface area contributed by atoms with Crippen LogP contribution in [0.5, 0.6) is 5.75 Å². The molecule has 0 unspecified atom stereocenters. The fraction of sp³-hybridized carbons (Fsp3) is 0.263. The van der Waals surface area contributed by atoms with E-state index in [0.29, 0.717) is 16.5 Å². The lowest BCUT2D eigenvalue weighted by Gasteiger charge is -2.23. The van der Waals surface area contributed by atoms with Crippen LogP contribution in [0.4, 0.5) is 5.69 Å². The predicted molar refractivity (Wildman–Crippen MR) is 104 cm³/mol. The fourth-order valence-electron chi connectivity index (χ4n) is 2.23. The van der Waals surface area contributed by atoms with Gasteiger partial charge in [0, 0.05) is 12.1 Å². The van der Waals surface area contributed by atoms with Gasteiger partial charge >= 0.3 is 0 Å². The van der Waals surface area contributed by atoms with Crippen molar-refractivity contribution in [2.75, 3.05) is 12.4 Å². The molecule has 0 aliphatic carbocycles. The summed E-state index contributed by atoms with van der Waals surface area (Å²) in [6.07, 6.45) is 0. The topological polar surface area (TPSA) is 67.4 Å². The van der Waals surface area contributed by atoms with Gasteiger partial charge in [0.25, 0.3) is 0 Å². The van der Waals surface area contributed by atoms with Gasteiger partial charge in [0.05, 0.1) is 22.8 Å². The van der Waals surface area contributed by atoms with Crippen molar-refractivity contribution in [2.24, 2.45) is 5.41 Å². The molecule has 0 fully saturated rings. The lowest BCUT2D eigenvalue weighted by atomic mass is 9.90. The standard InChI is InChI=1S/C19H20Cl2N2O3/c1-19(2,18(25)23-14-9-6-8-13(20)16(14)21)17(24)22-11-12-7-4-5-10-15(12)26-3/h4-10H,11H2,1-3H3,(H,22,24)(H,23,25). The molecule has 2 N–H and O–H groups in total. The van der Waals surface area contributed by atoms with E-state index in [2.05, 4.69) is 10.6 Å². The van der Waals surface area contributed by atoms with Crippen LogP contribution in [0.2, 0.25) is 10.0 Å². The highest BCUT2D eigenvalue weighted by atomic mass is 35.5. The Hall–Kier alpha value is -2.24. The zero-order valence-electron chi connectivity index (χ0n) is 14.7. The monoisotopic (exact) mass is 394 g/mol. The molecule has 2 aromatic carbocycles. The van der Waals surface area contributed by atoms with E-state index in [1.165, 1.54) is 0 Å². The lowest BCUT2D eigenvalue weighted by Crippen LogP contribution is -2.44.